The lowest BCUT2D eigenvalue weighted by Crippen LogP contribution is -2.01. The zero-order valence-corrected chi connectivity index (χ0v) is 31.4. The second-order valence-electron chi connectivity index (χ2n) is 14.7. The van der Waals surface area contributed by atoms with Crippen LogP contribution in [0.25, 0.3) is 89.1 Å². The van der Waals surface area contributed by atoms with Crippen molar-refractivity contribution < 1.29 is 0 Å². The maximum Gasteiger partial charge on any atom is 0.164 e. The molecule has 0 saturated heterocycles. The average Bonchev–Trinajstić information content (AvgIpc) is 3.26. The van der Waals surface area contributed by atoms with Crippen molar-refractivity contribution >= 4 is 33.4 Å². The van der Waals surface area contributed by atoms with Crippen LogP contribution in [-0.4, -0.2) is 21.2 Å². The fraction of sp³-hybridized carbons (Fsp3) is 0.0769. The molecule has 0 spiro atoms. The molecule has 0 N–H and O–H groups in total. The van der Waals surface area contributed by atoms with Crippen molar-refractivity contribution in [3.8, 4) is 67.5 Å². The van der Waals surface area contributed by atoms with Gasteiger partial charge in [0.1, 0.15) is 0 Å². The van der Waals surface area contributed by atoms with Crippen molar-refractivity contribution in [3.05, 3.63) is 180 Å². The summed E-state index contributed by atoms with van der Waals surface area (Å²) in [6.07, 6.45) is 3.98. The number of fused-ring (bicyclic) bond motifs is 4. The zero-order chi connectivity index (χ0) is 37.6. The van der Waals surface area contributed by atoms with Crippen LogP contribution in [0, 0.1) is 13.8 Å². The molecule has 266 valence electrons. The number of aromatic nitrogens is 3. The summed E-state index contributed by atoms with van der Waals surface area (Å²) in [6, 6.07) is 58.2. The molecule has 8 aromatic carbocycles. The number of nitrogens with zero attached hydrogens (tertiary/aromatic N) is 4. The predicted octanol–water partition coefficient (Wildman–Crippen LogP) is 13.4. The highest BCUT2D eigenvalue weighted by molar-refractivity contribution is 6.14. The molecule has 0 radical (unpaired) electrons. The maximum absolute atomic E-state index is 5.12. The minimum absolute atomic E-state index is 0.624. The molecule has 56 heavy (non-hydrogen) atoms. The monoisotopic (exact) mass is 718 g/mol. The highest BCUT2D eigenvalue weighted by atomic mass is 15.0. The molecule has 9 aromatic rings. The van der Waals surface area contributed by atoms with Gasteiger partial charge in [-0.15, -0.1) is 0 Å². The van der Waals surface area contributed by atoms with Gasteiger partial charge in [-0.05, 0) is 111 Å². The zero-order valence-electron chi connectivity index (χ0n) is 31.4. The molecule has 0 saturated carbocycles. The average molecular weight is 719 g/mol. The first-order chi connectivity index (χ1) is 27.6. The molecular weight excluding hydrogens is 681 g/mol. The molecular formula is C52H38N4. The molecule has 1 aliphatic heterocycles. The number of hydrogen-bond acceptors (Lipinski definition) is 4. The van der Waals surface area contributed by atoms with Crippen molar-refractivity contribution in [2.24, 2.45) is 4.99 Å². The summed E-state index contributed by atoms with van der Waals surface area (Å²) in [7, 11) is 0. The minimum atomic E-state index is 0.624. The van der Waals surface area contributed by atoms with E-state index in [9.17, 15) is 0 Å². The van der Waals surface area contributed by atoms with E-state index < -0.39 is 0 Å². The Kier molecular flexibility index (Phi) is 8.37. The SMILES string of the molecule is Cc1cccc2ccc3c(-c4ccc(-c5cc(-c6nc(-c7ccccc7)nc(-c7ccccc7)n6)cc(-c6cccc7c6N=CCC7)c5)cc4)ccc(C)c3c12. The largest absolute Gasteiger partial charge is 0.260 e. The Labute approximate surface area is 327 Å². The van der Waals surface area contributed by atoms with Gasteiger partial charge in [0.2, 0.25) is 0 Å². The van der Waals surface area contributed by atoms with Crippen LogP contribution in [0.2, 0.25) is 0 Å². The number of hydrogen-bond donors (Lipinski definition) is 0. The third-order valence-corrected chi connectivity index (χ3v) is 11.1. The fourth-order valence-electron chi connectivity index (χ4n) is 8.24. The van der Waals surface area contributed by atoms with Gasteiger partial charge in [0, 0.05) is 28.5 Å². The third-order valence-electron chi connectivity index (χ3n) is 11.1. The smallest absolute Gasteiger partial charge is 0.164 e. The van der Waals surface area contributed by atoms with Gasteiger partial charge in [-0.3, -0.25) is 4.99 Å². The Bertz CT molecular complexity index is 2910. The molecule has 4 heteroatoms. The molecule has 2 heterocycles. The number of rotatable bonds is 6. The van der Waals surface area contributed by atoms with Crippen molar-refractivity contribution in [1.29, 1.82) is 0 Å². The van der Waals surface area contributed by atoms with Crippen molar-refractivity contribution in [1.82, 2.24) is 15.0 Å². The van der Waals surface area contributed by atoms with E-state index >= 15 is 0 Å². The fourth-order valence-corrected chi connectivity index (χ4v) is 8.24. The number of benzene rings is 8. The standard InChI is InChI=1S/C52H38N4/c1-33-12-9-17-37-26-28-46-44(27-21-34(2)48(46)47(33)37)36-24-22-35(23-25-36)41-30-42(45-20-10-18-38-19-11-29-53-49(38)45)32-43(31-41)52-55-50(39-13-5-3-6-14-39)54-51(56-52)40-15-7-4-8-16-40/h3-10,12-18,20-32H,11,19H2,1-2H3. The summed E-state index contributed by atoms with van der Waals surface area (Å²) in [6.45, 7) is 4.43. The summed E-state index contributed by atoms with van der Waals surface area (Å²) in [5.41, 5.74) is 14.5. The quantitative estimate of drug-likeness (QED) is 0.161. The Morgan fingerprint density at radius 1 is 0.411 bits per heavy atom. The van der Waals surface area contributed by atoms with E-state index in [2.05, 4.69) is 117 Å². The number of para-hydroxylation sites is 1. The Morgan fingerprint density at radius 3 is 1.77 bits per heavy atom. The van der Waals surface area contributed by atoms with Gasteiger partial charge >= 0.3 is 0 Å². The molecule has 0 fully saturated rings. The van der Waals surface area contributed by atoms with E-state index in [4.69, 9.17) is 19.9 Å². The summed E-state index contributed by atoms with van der Waals surface area (Å²) < 4.78 is 0. The van der Waals surface area contributed by atoms with E-state index in [1.54, 1.807) is 0 Å². The Hall–Kier alpha value is -7.04. The van der Waals surface area contributed by atoms with Crippen LogP contribution in [0.5, 0.6) is 0 Å². The van der Waals surface area contributed by atoms with Crippen LogP contribution in [0.4, 0.5) is 5.69 Å². The highest BCUT2D eigenvalue weighted by Crippen LogP contribution is 2.41. The Balaban J connectivity index is 1.14. The highest BCUT2D eigenvalue weighted by Gasteiger charge is 2.18. The van der Waals surface area contributed by atoms with Crippen molar-refractivity contribution in [2.75, 3.05) is 0 Å². The van der Waals surface area contributed by atoms with Crippen LogP contribution in [0.3, 0.4) is 0 Å². The maximum atomic E-state index is 5.12. The van der Waals surface area contributed by atoms with Gasteiger partial charge in [-0.25, -0.2) is 15.0 Å². The van der Waals surface area contributed by atoms with E-state index in [1.165, 1.54) is 49.4 Å². The number of aryl methyl sites for hydroxylation is 3. The second-order valence-corrected chi connectivity index (χ2v) is 14.7. The molecule has 0 bridgehead atoms. The predicted molar refractivity (Wildman–Crippen MR) is 233 cm³/mol. The first kappa shape index (κ1) is 33.5. The summed E-state index contributed by atoms with van der Waals surface area (Å²) in [5.74, 6) is 1.90. The van der Waals surface area contributed by atoms with Crippen molar-refractivity contribution in [3.63, 3.8) is 0 Å². The second kappa shape index (κ2) is 14.0. The van der Waals surface area contributed by atoms with Gasteiger partial charge in [0.05, 0.1) is 5.69 Å². The van der Waals surface area contributed by atoms with Crippen LogP contribution in [0.1, 0.15) is 23.1 Å². The van der Waals surface area contributed by atoms with Gasteiger partial charge in [-0.2, -0.15) is 0 Å². The molecule has 4 nitrogen and oxygen atoms in total. The van der Waals surface area contributed by atoms with Gasteiger partial charge in [0.25, 0.3) is 0 Å². The molecule has 0 unspecified atom stereocenters. The molecule has 1 aliphatic rings. The lowest BCUT2D eigenvalue weighted by Gasteiger charge is -2.17. The van der Waals surface area contributed by atoms with Gasteiger partial charge in [-0.1, -0.05) is 146 Å². The normalized spacial score (nSPS) is 12.2. The van der Waals surface area contributed by atoms with E-state index in [-0.39, 0.29) is 0 Å². The van der Waals surface area contributed by atoms with Crippen LogP contribution >= 0.6 is 0 Å². The summed E-state index contributed by atoms with van der Waals surface area (Å²) >= 11 is 0. The summed E-state index contributed by atoms with van der Waals surface area (Å²) in [5, 5.41) is 5.22. The lowest BCUT2D eigenvalue weighted by molar-refractivity contribution is 1.03. The van der Waals surface area contributed by atoms with Crippen molar-refractivity contribution in [2.45, 2.75) is 26.7 Å². The molecule has 0 amide bonds. The van der Waals surface area contributed by atoms with Crippen LogP contribution in [0.15, 0.2) is 169 Å². The first-order valence-electron chi connectivity index (χ1n) is 19.3. The Morgan fingerprint density at radius 2 is 1.04 bits per heavy atom. The van der Waals surface area contributed by atoms with E-state index in [0.29, 0.717) is 17.5 Å². The third kappa shape index (κ3) is 6.06. The lowest BCUT2D eigenvalue weighted by atomic mass is 9.89. The van der Waals surface area contributed by atoms with Gasteiger partial charge < -0.3 is 0 Å². The topological polar surface area (TPSA) is 51.0 Å². The van der Waals surface area contributed by atoms with Crippen LogP contribution in [-0.2, 0) is 6.42 Å². The molecule has 1 aromatic heterocycles. The van der Waals surface area contributed by atoms with Gasteiger partial charge in [0.15, 0.2) is 17.5 Å². The number of aliphatic imine (C=N–C) groups is 1. The minimum Gasteiger partial charge on any atom is -0.260 e. The summed E-state index contributed by atoms with van der Waals surface area (Å²) in [4.78, 5) is 20.1. The van der Waals surface area contributed by atoms with E-state index in [0.717, 1.165) is 57.5 Å². The van der Waals surface area contributed by atoms with Crippen LogP contribution < -0.4 is 0 Å². The molecule has 0 aliphatic carbocycles. The van der Waals surface area contributed by atoms with E-state index in [1.807, 2.05) is 66.9 Å². The molecule has 0 atom stereocenters. The molecule has 10 rings (SSSR count). The first-order valence-corrected chi connectivity index (χ1v) is 19.3.